The van der Waals surface area contributed by atoms with Crippen LogP contribution in [0.2, 0.25) is 0 Å². The van der Waals surface area contributed by atoms with Gasteiger partial charge in [0, 0.05) is 35.0 Å². The fraction of sp³-hybridized carbons (Fsp3) is 0.238. The Hall–Kier alpha value is -6.55. The molecule has 6 heteroatoms. The molecule has 0 saturated heterocycles. The second-order valence-electron chi connectivity index (χ2n) is 20.8. The second kappa shape index (κ2) is 18.1. The van der Waals surface area contributed by atoms with E-state index in [9.17, 15) is 0 Å². The molecule has 3 heterocycles. The predicted molar refractivity (Wildman–Crippen MR) is 282 cm³/mol. The van der Waals surface area contributed by atoms with Crippen molar-refractivity contribution < 1.29 is 25.8 Å². The quantitative estimate of drug-likeness (QED) is 0.135. The van der Waals surface area contributed by atoms with Crippen LogP contribution < -0.4 is 14.5 Å². The first-order valence-electron chi connectivity index (χ1n) is 23.9. The van der Waals surface area contributed by atoms with Crippen molar-refractivity contribution in [3.8, 4) is 22.6 Å². The van der Waals surface area contributed by atoms with Crippen molar-refractivity contribution in [1.29, 1.82) is 0 Å². The van der Waals surface area contributed by atoms with E-state index in [1.807, 2.05) is 6.20 Å². The van der Waals surface area contributed by atoms with E-state index in [2.05, 4.69) is 261 Å². The van der Waals surface area contributed by atoms with E-state index in [0.29, 0.717) is 11.5 Å². The Balaban J connectivity index is 0.00000593. The van der Waals surface area contributed by atoms with E-state index in [1.54, 1.807) is 0 Å². The fourth-order valence-corrected chi connectivity index (χ4v) is 10.8. The number of anilines is 4. The number of rotatable bonds is 9. The van der Waals surface area contributed by atoms with Crippen LogP contribution in [-0.4, -0.2) is 21.9 Å². The van der Waals surface area contributed by atoms with Gasteiger partial charge in [-0.2, -0.15) is 6.07 Å². The number of hydrogen-bond donors (Lipinski definition) is 0. The van der Waals surface area contributed by atoms with Crippen molar-refractivity contribution in [1.82, 2.24) is 4.98 Å². The van der Waals surface area contributed by atoms with Gasteiger partial charge in [-0.05, 0) is 103 Å². The molecule has 2 aliphatic heterocycles. The standard InChI is InChI=1S/C63H60N4O.Pt/c1-42-23-22-24-43(2)58(42)67-59(65-62(8,9)63(67,10)57(45-27-16-12-17-28-45)46-29-18-13-19-30-46)48-37-47(44-25-14-11-15-26-44)38-51(39-48)68-50-33-34-53-55(41-50)66(54-32-21-20-31-52(54)61(53,6)7)56-40-49(35-36-64-56)60(3,4)5;/h11-38,40,57H,1-10H3;/q-2;+2/t63-;/m0./s1. The van der Waals surface area contributed by atoms with E-state index < -0.39 is 11.1 Å². The maximum absolute atomic E-state index is 7.07. The summed E-state index contributed by atoms with van der Waals surface area (Å²) in [7, 11) is 0. The molecule has 5 nitrogen and oxygen atoms in total. The van der Waals surface area contributed by atoms with Gasteiger partial charge in [0.15, 0.2) is 0 Å². The summed E-state index contributed by atoms with van der Waals surface area (Å²) in [6.45, 7) is 22.7. The number of amidine groups is 1. The van der Waals surface area contributed by atoms with Crippen LogP contribution in [-0.2, 0) is 31.9 Å². The number of fused-ring (bicyclic) bond motifs is 2. The van der Waals surface area contributed by atoms with Gasteiger partial charge in [-0.3, -0.25) is 0 Å². The maximum atomic E-state index is 7.07. The normalized spacial score (nSPS) is 16.9. The Morgan fingerprint density at radius 2 is 1.20 bits per heavy atom. The molecule has 0 N–H and O–H groups in total. The number of ether oxygens (including phenoxy) is 1. The first-order valence-corrected chi connectivity index (χ1v) is 23.9. The number of pyridine rings is 1. The zero-order chi connectivity index (χ0) is 47.6. The van der Waals surface area contributed by atoms with Crippen LogP contribution in [0.15, 0.2) is 181 Å². The van der Waals surface area contributed by atoms with Gasteiger partial charge in [-0.15, -0.1) is 29.3 Å². The second-order valence-corrected chi connectivity index (χ2v) is 20.8. The van der Waals surface area contributed by atoms with Crippen LogP contribution >= 0.6 is 0 Å². The summed E-state index contributed by atoms with van der Waals surface area (Å²) < 4.78 is 7.07. The van der Waals surface area contributed by atoms with E-state index >= 15 is 0 Å². The Labute approximate surface area is 424 Å². The van der Waals surface area contributed by atoms with E-state index in [0.717, 1.165) is 51.0 Å². The van der Waals surface area contributed by atoms with E-state index in [4.69, 9.17) is 14.7 Å². The molecule has 0 amide bonds. The minimum atomic E-state index is -0.601. The average Bonchev–Trinajstić information content (AvgIpc) is 3.54. The van der Waals surface area contributed by atoms with E-state index in [-0.39, 0.29) is 37.8 Å². The Morgan fingerprint density at radius 1 is 0.594 bits per heavy atom. The fourth-order valence-electron chi connectivity index (χ4n) is 10.8. The first kappa shape index (κ1) is 47.5. The van der Waals surface area contributed by atoms with Crippen LogP contribution in [0.4, 0.5) is 22.9 Å². The molecular formula is C63H60N4OPt. The number of aryl methyl sites for hydroxylation is 2. The third-order valence-corrected chi connectivity index (χ3v) is 14.7. The molecular weight excluding hydrogens is 1020 g/mol. The minimum absolute atomic E-state index is 0. The molecule has 348 valence electrons. The van der Waals surface area contributed by atoms with Gasteiger partial charge in [-0.25, -0.2) is 4.98 Å². The minimum Gasteiger partial charge on any atom is -0.503 e. The summed E-state index contributed by atoms with van der Waals surface area (Å²) in [5.74, 6) is 2.79. The van der Waals surface area contributed by atoms with Crippen molar-refractivity contribution in [2.45, 2.75) is 97.1 Å². The number of nitrogens with zero attached hydrogens (tertiary/aromatic N) is 4. The first-order chi connectivity index (χ1) is 32.6. The van der Waals surface area contributed by atoms with Gasteiger partial charge in [0.25, 0.3) is 0 Å². The molecule has 2 aliphatic rings. The molecule has 0 bridgehead atoms. The van der Waals surface area contributed by atoms with Crippen LogP contribution in [0.1, 0.15) is 106 Å². The molecule has 1 aromatic heterocycles. The zero-order valence-corrected chi connectivity index (χ0v) is 43.6. The average molecular weight is 1080 g/mol. The topological polar surface area (TPSA) is 41.0 Å². The number of aromatic nitrogens is 1. The molecule has 0 unspecified atom stereocenters. The molecule has 0 aliphatic carbocycles. The number of aliphatic imine (C=N–C) groups is 1. The Kier molecular flexibility index (Phi) is 12.4. The summed E-state index contributed by atoms with van der Waals surface area (Å²) >= 11 is 0. The van der Waals surface area contributed by atoms with Crippen LogP contribution in [0.25, 0.3) is 11.1 Å². The third kappa shape index (κ3) is 8.33. The van der Waals surface area contributed by atoms with Gasteiger partial charge >= 0.3 is 21.1 Å². The van der Waals surface area contributed by atoms with Crippen molar-refractivity contribution in [2.24, 2.45) is 4.99 Å². The molecule has 8 aromatic rings. The van der Waals surface area contributed by atoms with Crippen LogP contribution in [0.3, 0.4) is 0 Å². The van der Waals surface area contributed by atoms with Crippen molar-refractivity contribution in [3.05, 3.63) is 233 Å². The molecule has 0 fully saturated rings. The van der Waals surface area contributed by atoms with Gasteiger partial charge in [0.2, 0.25) is 0 Å². The monoisotopic (exact) mass is 1080 g/mol. The molecule has 1 atom stereocenters. The predicted octanol–water partition coefficient (Wildman–Crippen LogP) is 15.8. The van der Waals surface area contributed by atoms with Crippen LogP contribution in [0, 0.1) is 26.0 Å². The summed E-state index contributed by atoms with van der Waals surface area (Å²) in [6.07, 6.45) is 1.92. The third-order valence-electron chi connectivity index (χ3n) is 14.7. The van der Waals surface area contributed by atoms with Crippen molar-refractivity contribution in [2.75, 3.05) is 9.80 Å². The maximum Gasteiger partial charge on any atom is 2.00 e. The largest absolute Gasteiger partial charge is 2.00 e. The summed E-state index contributed by atoms with van der Waals surface area (Å²) in [5, 5.41) is 0. The summed E-state index contributed by atoms with van der Waals surface area (Å²) in [5.41, 5.74) is 12.9. The molecule has 0 spiro atoms. The van der Waals surface area contributed by atoms with E-state index in [1.165, 1.54) is 33.4 Å². The Bertz CT molecular complexity index is 3130. The molecule has 0 radical (unpaired) electrons. The number of hydrogen-bond acceptors (Lipinski definition) is 5. The van der Waals surface area contributed by atoms with Gasteiger partial charge < -0.3 is 19.5 Å². The molecule has 0 saturated carbocycles. The van der Waals surface area contributed by atoms with Crippen molar-refractivity contribution >= 4 is 28.7 Å². The number of para-hydroxylation sites is 2. The Morgan fingerprint density at radius 3 is 1.84 bits per heavy atom. The van der Waals surface area contributed by atoms with Crippen molar-refractivity contribution in [3.63, 3.8) is 0 Å². The zero-order valence-electron chi connectivity index (χ0n) is 41.3. The SMILES string of the molecule is Cc1cccc(C)c1N1C(c2[c-]c(Oc3[c-]c4c(cc3)C(C)(C)c3ccccc3N4c3cc(C(C)(C)C)ccn3)cc(-c3ccccc3)c2)=NC(C)(C)[C@]1(C)C(c1ccccc1)c1ccccc1.[Pt+2]. The summed E-state index contributed by atoms with van der Waals surface area (Å²) in [4.78, 5) is 15.6. The summed E-state index contributed by atoms with van der Waals surface area (Å²) in [6, 6.07) is 68.1. The van der Waals surface area contributed by atoms with Crippen LogP contribution in [0.5, 0.6) is 11.5 Å². The van der Waals surface area contributed by atoms with Gasteiger partial charge in [0.05, 0.1) is 16.9 Å². The molecule has 69 heavy (non-hydrogen) atoms. The molecule has 7 aromatic carbocycles. The smallest absolute Gasteiger partial charge is 0.503 e. The molecule has 10 rings (SSSR count). The van der Waals surface area contributed by atoms with Gasteiger partial charge in [-0.1, -0.05) is 185 Å². The van der Waals surface area contributed by atoms with Gasteiger partial charge in [0.1, 0.15) is 5.82 Å². The number of benzene rings is 7.